The van der Waals surface area contributed by atoms with Gasteiger partial charge in [-0.25, -0.2) is 8.42 Å². The predicted octanol–water partition coefficient (Wildman–Crippen LogP) is 1.91. The topological polar surface area (TPSA) is 62.6 Å². The van der Waals surface area contributed by atoms with E-state index >= 15 is 0 Å². The third-order valence-corrected chi connectivity index (χ3v) is 5.92. The minimum Gasteiger partial charge on any atom is -0.447 e. The average molecular weight is 318 g/mol. The van der Waals surface area contributed by atoms with Crippen LogP contribution in [0.3, 0.4) is 0 Å². The van der Waals surface area contributed by atoms with Gasteiger partial charge in [0, 0.05) is 24.9 Å². The van der Waals surface area contributed by atoms with Crippen LogP contribution < -0.4 is 5.32 Å². The molecule has 5 nitrogen and oxygen atoms in total. The van der Waals surface area contributed by atoms with E-state index in [1.54, 1.807) is 23.9 Å². The standard InChI is InChI=1S/C13H22N2O3S2/c1-11(2)14-10-12-4-5-13(18-12)20(16,17)15-6-3-8-19-9-7-15/h4-5,11,14H,3,6-10H2,1-2H3. The molecule has 1 N–H and O–H groups in total. The van der Waals surface area contributed by atoms with Crippen LogP contribution in [0.2, 0.25) is 0 Å². The summed E-state index contributed by atoms with van der Waals surface area (Å²) in [6.45, 7) is 5.76. The first kappa shape index (κ1) is 15.9. The van der Waals surface area contributed by atoms with Crippen LogP contribution in [0.25, 0.3) is 0 Å². The Morgan fingerprint density at radius 1 is 1.35 bits per heavy atom. The molecular weight excluding hydrogens is 296 g/mol. The highest BCUT2D eigenvalue weighted by Crippen LogP contribution is 2.21. The Bertz CT molecular complexity index is 517. The third-order valence-electron chi connectivity index (χ3n) is 3.10. The highest BCUT2D eigenvalue weighted by atomic mass is 32.2. The Morgan fingerprint density at radius 2 is 2.15 bits per heavy atom. The summed E-state index contributed by atoms with van der Waals surface area (Å²) in [6, 6.07) is 3.63. The van der Waals surface area contributed by atoms with Crippen molar-refractivity contribution in [3.63, 3.8) is 0 Å². The van der Waals surface area contributed by atoms with Crippen molar-refractivity contribution in [3.05, 3.63) is 17.9 Å². The van der Waals surface area contributed by atoms with Gasteiger partial charge in [-0.05, 0) is 24.3 Å². The Kier molecular flexibility index (Phi) is 5.54. The Balaban J connectivity index is 2.08. The van der Waals surface area contributed by atoms with Crippen molar-refractivity contribution in [2.45, 2.75) is 37.9 Å². The van der Waals surface area contributed by atoms with Crippen LogP contribution in [0.4, 0.5) is 0 Å². The highest BCUT2D eigenvalue weighted by Gasteiger charge is 2.28. The molecule has 1 aromatic rings. The van der Waals surface area contributed by atoms with E-state index in [2.05, 4.69) is 5.32 Å². The first-order chi connectivity index (χ1) is 9.50. The average Bonchev–Trinajstić information content (AvgIpc) is 2.70. The molecule has 0 bridgehead atoms. The van der Waals surface area contributed by atoms with Crippen molar-refractivity contribution < 1.29 is 12.8 Å². The fourth-order valence-corrected chi connectivity index (χ4v) is 4.40. The molecule has 114 valence electrons. The van der Waals surface area contributed by atoms with Crippen molar-refractivity contribution in [3.8, 4) is 0 Å². The smallest absolute Gasteiger partial charge is 0.276 e. The van der Waals surface area contributed by atoms with E-state index in [0.717, 1.165) is 17.9 Å². The lowest BCUT2D eigenvalue weighted by Crippen LogP contribution is -2.32. The van der Waals surface area contributed by atoms with Crippen LogP contribution in [-0.4, -0.2) is 43.4 Å². The number of hydrogen-bond acceptors (Lipinski definition) is 5. The molecule has 0 saturated carbocycles. The first-order valence-electron chi connectivity index (χ1n) is 6.90. The maximum absolute atomic E-state index is 12.5. The summed E-state index contributed by atoms with van der Waals surface area (Å²) in [5.41, 5.74) is 0. The van der Waals surface area contributed by atoms with Gasteiger partial charge in [0.1, 0.15) is 5.76 Å². The molecule has 0 radical (unpaired) electrons. The van der Waals surface area contributed by atoms with Gasteiger partial charge >= 0.3 is 0 Å². The van der Waals surface area contributed by atoms with Gasteiger partial charge in [0.05, 0.1) is 6.54 Å². The first-order valence-corrected chi connectivity index (χ1v) is 9.49. The molecule has 2 rings (SSSR count). The van der Waals surface area contributed by atoms with E-state index in [1.165, 1.54) is 4.31 Å². The Hall–Kier alpha value is -0.500. The summed E-state index contributed by atoms with van der Waals surface area (Å²) in [7, 11) is -3.48. The zero-order valence-corrected chi connectivity index (χ0v) is 13.6. The summed E-state index contributed by atoms with van der Waals surface area (Å²) >= 11 is 1.80. The van der Waals surface area contributed by atoms with Gasteiger partial charge in [0.15, 0.2) is 0 Å². The number of hydrogen-bond donors (Lipinski definition) is 1. The normalized spacial score (nSPS) is 18.4. The molecule has 20 heavy (non-hydrogen) atoms. The molecule has 0 spiro atoms. The van der Waals surface area contributed by atoms with Crippen molar-refractivity contribution in [1.82, 2.24) is 9.62 Å². The lowest BCUT2D eigenvalue weighted by molar-refractivity contribution is 0.367. The SMILES string of the molecule is CC(C)NCc1ccc(S(=O)(=O)N2CCCSCC2)o1. The molecule has 1 fully saturated rings. The van der Waals surface area contributed by atoms with Crippen LogP contribution in [0, 0.1) is 0 Å². The fourth-order valence-electron chi connectivity index (χ4n) is 1.99. The number of nitrogens with zero attached hydrogens (tertiary/aromatic N) is 1. The van der Waals surface area contributed by atoms with Crippen LogP contribution in [0.1, 0.15) is 26.0 Å². The lowest BCUT2D eigenvalue weighted by Gasteiger charge is -2.17. The second-order valence-electron chi connectivity index (χ2n) is 5.13. The molecule has 7 heteroatoms. The van der Waals surface area contributed by atoms with Crippen molar-refractivity contribution >= 4 is 21.8 Å². The van der Waals surface area contributed by atoms with E-state index < -0.39 is 10.0 Å². The summed E-state index contributed by atoms with van der Waals surface area (Å²) in [5.74, 6) is 2.52. The lowest BCUT2D eigenvalue weighted by atomic mass is 10.3. The second kappa shape index (κ2) is 6.98. The van der Waals surface area contributed by atoms with Crippen LogP contribution in [0.5, 0.6) is 0 Å². The quantitative estimate of drug-likeness (QED) is 0.898. The van der Waals surface area contributed by atoms with Crippen LogP contribution >= 0.6 is 11.8 Å². The number of furan rings is 1. The van der Waals surface area contributed by atoms with Gasteiger partial charge in [0.25, 0.3) is 10.0 Å². The fraction of sp³-hybridized carbons (Fsp3) is 0.692. The number of sulfonamides is 1. The molecule has 0 aliphatic carbocycles. The van der Waals surface area contributed by atoms with E-state index in [-0.39, 0.29) is 5.09 Å². The van der Waals surface area contributed by atoms with Gasteiger partial charge in [0.2, 0.25) is 5.09 Å². The van der Waals surface area contributed by atoms with E-state index in [1.807, 2.05) is 13.8 Å². The van der Waals surface area contributed by atoms with Crippen molar-refractivity contribution in [2.24, 2.45) is 0 Å². The predicted molar refractivity (Wildman–Crippen MR) is 81.4 cm³/mol. The molecule has 2 heterocycles. The number of nitrogens with one attached hydrogen (secondary N) is 1. The molecule has 0 aromatic carbocycles. The Labute approximate surface area is 125 Å². The minimum absolute atomic E-state index is 0.0601. The second-order valence-corrected chi connectivity index (χ2v) is 8.22. The number of rotatable bonds is 5. The largest absolute Gasteiger partial charge is 0.447 e. The zero-order valence-electron chi connectivity index (χ0n) is 12.0. The van der Waals surface area contributed by atoms with Gasteiger partial charge in [-0.15, -0.1) is 0 Å². The molecule has 0 unspecified atom stereocenters. The van der Waals surface area contributed by atoms with Crippen LogP contribution in [0.15, 0.2) is 21.6 Å². The van der Waals surface area contributed by atoms with Gasteiger partial charge in [-0.3, -0.25) is 0 Å². The van der Waals surface area contributed by atoms with E-state index in [0.29, 0.717) is 31.4 Å². The molecule has 0 amide bonds. The molecule has 1 aliphatic heterocycles. The highest BCUT2D eigenvalue weighted by molar-refractivity contribution is 7.99. The summed E-state index contributed by atoms with van der Waals surface area (Å²) in [4.78, 5) is 0. The summed E-state index contributed by atoms with van der Waals surface area (Å²) in [5, 5.41) is 3.27. The maximum Gasteiger partial charge on any atom is 0.276 e. The number of thioether (sulfide) groups is 1. The van der Waals surface area contributed by atoms with Crippen LogP contribution in [-0.2, 0) is 16.6 Å². The molecule has 1 saturated heterocycles. The van der Waals surface area contributed by atoms with Gasteiger partial charge < -0.3 is 9.73 Å². The van der Waals surface area contributed by atoms with Crippen molar-refractivity contribution in [2.75, 3.05) is 24.6 Å². The third kappa shape index (κ3) is 4.00. The summed E-state index contributed by atoms with van der Waals surface area (Å²) in [6.07, 6.45) is 0.895. The van der Waals surface area contributed by atoms with Crippen molar-refractivity contribution in [1.29, 1.82) is 0 Å². The monoisotopic (exact) mass is 318 g/mol. The zero-order chi connectivity index (χ0) is 14.6. The minimum atomic E-state index is -3.48. The maximum atomic E-state index is 12.5. The molecule has 1 aliphatic rings. The molecular formula is C13H22N2O3S2. The molecule has 0 atom stereocenters. The molecule has 1 aromatic heterocycles. The van der Waals surface area contributed by atoms with E-state index in [4.69, 9.17) is 4.42 Å². The Morgan fingerprint density at radius 3 is 2.90 bits per heavy atom. The van der Waals surface area contributed by atoms with E-state index in [9.17, 15) is 8.42 Å². The van der Waals surface area contributed by atoms with Gasteiger partial charge in [-0.1, -0.05) is 13.8 Å². The van der Waals surface area contributed by atoms with Gasteiger partial charge in [-0.2, -0.15) is 16.1 Å². The summed E-state index contributed by atoms with van der Waals surface area (Å²) < 4.78 is 32.0.